The number of benzene rings is 1. The van der Waals surface area contributed by atoms with E-state index < -0.39 is 17.5 Å². The number of nitriles is 1. The SMILES string of the molecule is Cc1nnc(N2CCCC(NC(=O)O)C2)n(Cc2cc(F)ccc2C#N)c1=O. The number of hydrogen-bond acceptors (Lipinski definition) is 6. The maximum absolute atomic E-state index is 13.7. The molecule has 1 atom stereocenters. The Kier molecular flexibility index (Phi) is 5.54. The first-order valence-corrected chi connectivity index (χ1v) is 8.76. The molecule has 1 amide bonds. The Morgan fingerprint density at radius 2 is 2.25 bits per heavy atom. The minimum Gasteiger partial charge on any atom is -0.465 e. The van der Waals surface area contributed by atoms with Gasteiger partial charge in [0.05, 0.1) is 18.2 Å². The molecule has 0 spiro atoms. The van der Waals surface area contributed by atoms with Crippen LogP contribution in [-0.2, 0) is 6.54 Å². The van der Waals surface area contributed by atoms with Crippen LogP contribution in [0.5, 0.6) is 0 Å². The number of hydrogen-bond donors (Lipinski definition) is 2. The molecule has 0 bridgehead atoms. The van der Waals surface area contributed by atoms with Gasteiger partial charge in [0.2, 0.25) is 5.95 Å². The molecule has 1 fully saturated rings. The molecule has 1 unspecified atom stereocenters. The molecule has 2 N–H and O–H groups in total. The Morgan fingerprint density at radius 1 is 1.46 bits per heavy atom. The molecule has 1 aromatic heterocycles. The quantitative estimate of drug-likeness (QED) is 0.810. The molecule has 0 aliphatic carbocycles. The first-order valence-electron chi connectivity index (χ1n) is 8.76. The molecule has 1 aliphatic rings. The van der Waals surface area contributed by atoms with E-state index in [1.54, 1.807) is 4.90 Å². The highest BCUT2D eigenvalue weighted by Gasteiger charge is 2.25. The highest BCUT2D eigenvalue weighted by molar-refractivity contribution is 5.65. The zero-order valence-electron chi connectivity index (χ0n) is 15.2. The van der Waals surface area contributed by atoms with Crippen molar-refractivity contribution in [2.75, 3.05) is 18.0 Å². The molecule has 2 aromatic rings. The van der Waals surface area contributed by atoms with Crippen LogP contribution in [0.25, 0.3) is 0 Å². The predicted molar refractivity (Wildman–Crippen MR) is 97.6 cm³/mol. The van der Waals surface area contributed by atoms with E-state index in [4.69, 9.17) is 5.11 Å². The van der Waals surface area contributed by atoms with Crippen LogP contribution in [0.2, 0.25) is 0 Å². The normalized spacial score (nSPS) is 16.5. The number of nitrogens with zero attached hydrogens (tertiary/aromatic N) is 5. The standard InChI is InChI=1S/C18H19FN6O3/c1-11-16(26)25(9-13-7-14(19)5-4-12(13)8-20)17(23-22-11)24-6-2-3-15(10-24)21-18(27)28/h4-5,7,15,21H,2-3,6,9-10H2,1H3,(H,27,28). The predicted octanol–water partition coefficient (Wildman–Crippen LogP) is 1.24. The van der Waals surface area contributed by atoms with Gasteiger partial charge in [-0.1, -0.05) is 0 Å². The number of carboxylic acid groups (broad SMARTS) is 1. The minimum atomic E-state index is -1.11. The average Bonchev–Trinajstić information content (AvgIpc) is 2.65. The molecular weight excluding hydrogens is 367 g/mol. The Balaban J connectivity index is 1.99. The fourth-order valence-corrected chi connectivity index (χ4v) is 3.30. The molecule has 1 aromatic carbocycles. The lowest BCUT2D eigenvalue weighted by Gasteiger charge is -2.34. The van der Waals surface area contributed by atoms with Gasteiger partial charge in [0.1, 0.15) is 11.5 Å². The summed E-state index contributed by atoms with van der Waals surface area (Å²) in [5, 5.41) is 28.7. The van der Waals surface area contributed by atoms with Gasteiger partial charge in [-0.15, -0.1) is 10.2 Å². The zero-order valence-corrected chi connectivity index (χ0v) is 15.2. The summed E-state index contributed by atoms with van der Waals surface area (Å²) in [6, 6.07) is 5.47. The van der Waals surface area contributed by atoms with Gasteiger partial charge < -0.3 is 15.3 Å². The third kappa shape index (κ3) is 4.09. The van der Waals surface area contributed by atoms with E-state index in [0.717, 1.165) is 0 Å². The first-order chi connectivity index (χ1) is 13.4. The number of piperidine rings is 1. The van der Waals surface area contributed by atoms with Gasteiger partial charge in [-0.05, 0) is 43.5 Å². The zero-order chi connectivity index (χ0) is 20.3. The number of anilines is 1. The average molecular weight is 386 g/mol. The van der Waals surface area contributed by atoms with Crippen molar-refractivity contribution in [2.24, 2.45) is 0 Å². The van der Waals surface area contributed by atoms with Crippen molar-refractivity contribution in [2.45, 2.75) is 32.4 Å². The van der Waals surface area contributed by atoms with Gasteiger partial charge in [-0.3, -0.25) is 9.36 Å². The van der Waals surface area contributed by atoms with Crippen LogP contribution in [0.3, 0.4) is 0 Å². The lowest BCUT2D eigenvalue weighted by molar-refractivity contribution is 0.188. The summed E-state index contributed by atoms with van der Waals surface area (Å²) < 4.78 is 15.0. The van der Waals surface area contributed by atoms with Gasteiger partial charge in [-0.2, -0.15) is 5.26 Å². The van der Waals surface area contributed by atoms with Crippen LogP contribution in [0, 0.1) is 24.1 Å². The maximum Gasteiger partial charge on any atom is 0.404 e. The Morgan fingerprint density at radius 3 is 2.96 bits per heavy atom. The summed E-state index contributed by atoms with van der Waals surface area (Å²) in [6.07, 6.45) is 0.269. The first kappa shape index (κ1) is 19.3. The van der Waals surface area contributed by atoms with E-state index in [1.165, 1.54) is 29.7 Å². The van der Waals surface area contributed by atoms with Gasteiger partial charge in [-0.25, -0.2) is 9.18 Å². The largest absolute Gasteiger partial charge is 0.465 e. The summed E-state index contributed by atoms with van der Waals surface area (Å²) >= 11 is 0. The highest BCUT2D eigenvalue weighted by atomic mass is 19.1. The third-order valence-corrected chi connectivity index (χ3v) is 4.63. The molecule has 28 heavy (non-hydrogen) atoms. The number of carbonyl (C=O) groups is 1. The van der Waals surface area contributed by atoms with Crippen LogP contribution < -0.4 is 15.8 Å². The van der Waals surface area contributed by atoms with Crippen molar-refractivity contribution in [1.82, 2.24) is 20.1 Å². The Labute approximate surface area is 160 Å². The Bertz CT molecular complexity index is 1000. The van der Waals surface area contributed by atoms with Gasteiger partial charge in [0.25, 0.3) is 5.56 Å². The fourth-order valence-electron chi connectivity index (χ4n) is 3.30. The summed E-state index contributed by atoms with van der Waals surface area (Å²) in [7, 11) is 0. The lowest BCUT2D eigenvalue weighted by atomic mass is 10.1. The van der Waals surface area contributed by atoms with Crippen LogP contribution >= 0.6 is 0 Å². The van der Waals surface area contributed by atoms with Crippen molar-refractivity contribution >= 4 is 12.0 Å². The van der Waals surface area contributed by atoms with Gasteiger partial charge in [0.15, 0.2) is 0 Å². The molecule has 10 heteroatoms. The molecule has 2 heterocycles. The van der Waals surface area contributed by atoms with E-state index >= 15 is 0 Å². The van der Waals surface area contributed by atoms with Crippen molar-refractivity contribution in [3.05, 3.63) is 51.2 Å². The number of nitrogens with one attached hydrogen (secondary N) is 1. The summed E-state index contributed by atoms with van der Waals surface area (Å²) in [5.74, 6) is -0.244. The second-order valence-corrected chi connectivity index (χ2v) is 6.62. The second kappa shape index (κ2) is 8.04. The van der Waals surface area contributed by atoms with Crippen LogP contribution in [0.4, 0.5) is 15.1 Å². The topological polar surface area (TPSA) is 124 Å². The highest BCUT2D eigenvalue weighted by Crippen LogP contribution is 2.19. The molecule has 1 saturated heterocycles. The van der Waals surface area contributed by atoms with Gasteiger partial charge >= 0.3 is 6.09 Å². The van der Waals surface area contributed by atoms with E-state index in [9.17, 15) is 19.2 Å². The maximum atomic E-state index is 13.7. The van der Waals surface area contributed by atoms with Crippen molar-refractivity contribution in [3.8, 4) is 6.07 Å². The molecular formula is C18H19FN6O3. The Hall–Kier alpha value is -3.48. The summed E-state index contributed by atoms with van der Waals surface area (Å²) in [6.45, 7) is 2.39. The van der Waals surface area contributed by atoms with Crippen LogP contribution in [0.1, 0.15) is 29.7 Å². The number of rotatable bonds is 4. The van der Waals surface area contributed by atoms with Crippen LogP contribution in [0.15, 0.2) is 23.0 Å². The molecule has 9 nitrogen and oxygen atoms in total. The summed E-state index contributed by atoms with van der Waals surface area (Å²) in [4.78, 5) is 25.4. The monoisotopic (exact) mass is 386 g/mol. The number of amides is 1. The molecule has 3 rings (SSSR count). The van der Waals surface area contributed by atoms with Crippen molar-refractivity contribution in [3.63, 3.8) is 0 Å². The number of aromatic nitrogens is 3. The van der Waals surface area contributed by atoms with Crippen molar-refractivity contribution < 1.29 is 14.3 Å². The van der Waals surface area contributed by atoms with Gasteiger partial charge in [0, 0.05) is 19.1 Å². The third-order valence-electron chi connectivity index (χ3n) is 4.63. The molecule has 146 valence electrons. The number of halogens is 1. The van der Waals surface area contributed by atoms with Crippen LogP contribution in [-0.4, -0.2) is 45.1 Å². The molecule has 0 saturated carbocycles. The lowest BCUT2D eigenvalue weighted by Crippen LogP contribution is -2.49. The smallest absolute Gasteiger partial charge is 0.404 e. The molecule has 0 radical (unpaired) electrons. The van der Waals surface area contributed by atoms with E-state index in [0.29, 0.717) is 31.5 Å². The fraction of sp³-hybridized carbons (Fsp3) is 0.389. The number of aryl methyl sites for hydroxylation is 1. The van der Waals surface area contributed by atoms with E-state index in [-0.39, 0.29) is 29.8 Å². The second-order valence-electron chi connectivity index (χ2n) is 6.62. The van der Waals surface area contributed by atoms with E-state index in [1.807, 2.05) is 6.07 Å². The van der Waals surface area contributed by atoms with E-state index in [2.05, 4.69) is 15.5 Å². The molecule has 1 aliphatic heterocycles. The minimum absolute atomic E-state index is 0.0430. The van der Waals surface area contributed by atoms with Crippen molar-refractivity contribution in [1.29, 1.82) is 5.26 Å². The summed E-state index contributed by atoms with van der Waals surface area (Å²) in [5.41, 5.74) is 0.399.